The smallest absolute Gasteiger partial charge is 0.211 e. The number of rotatable bonds is 3. The van der Waals surface area contributed by atoms with Gasteiger partial charge in [0.1, 0.15) is 0 Å². The van der Waals surface area contributed by atoms with Crippen molar-refractivity contribution in [2.75, 3.05) is 39.0 Å². The van der Waals surface area contributed by atoms with Gasteiger partial charge in [0, 0.05) is 32.2 Å². The first kappa shape index (κ1) is 16.2. The highest BCUT2D eigenvalue weighted by atomic mass is 35.5. The van der Waals surface area contributed by atoms with Crippen LogP contribution in [0.15, 0.2) is 0 Å². The summed E-state index contributed by atoms with van der Waals surface area (Å²) < 4.78 is 24.6. The quantitative estimate of drug-likeness (QED) is 0.803. The number of nitrogens with two attached hydrogens (primary N) is 1. The molecule has 18 heavy (non-hydrogen) atoms. The highest BCUT2D eigenvalue weighted by molar-refractivity contribution is 7.88. The Bertz CT molecular complexity index is 363. The molecule has 0 aromatic heterocycles. The van der Waals surface area contributed by atoms with Gasteiger partial charge in [-0.3, -0.25) is 0 Å². The molecule has 0 bridgehead atoms. The van der Waals surface area contributed by atoms with E-state index in [1.165, 1.54) is 6.26 Å². The average Bonchev–Trinajstić information content (AvgIpc) is 2.63. The van der Waals surface area contributed by atoms with E-state index >= 15 is 0 Å². The standard InChI is InChI=1S/C11H23N3O2S.ClH/c1-17(15,16)14-5-2-3-10(8-14)7-13-6-4-11(12)9-13;/h10-11H,2-9,12H2,1H3;1H/t10?,11-;/m0./s1. The van der Waals surface area contributed by atoms with Crippen LogP contribution >= 0.6 is 12.4 Å². The Morgan fingerprint density at radius 2 is 1.94 bits per heavy atom. The number of hydrogen-bond donors (Lipinski definition) is 1. The summed E-state index contributed by atoms with van der Waals surface area (Å²) in [5, 5.41) is 0. The summed E-state index contributed by atoms with van der Waals surface area (Å²) in [6.45, 7) is 4.41. The Hall–Kier alpha value is 0.120. The molecule has 108 valence electrons. The number of hydrogen-bond acceptors (Lipinski definition) is 4. The number of halogens is 1. The van der Waals surface area contributed by atoms with E-state index in [-0.39, 0.29) is 12.4 Å². The van der Waals surface area contributed by atoms with Crippen molar-refractivity contribution in [3.63, 3.8) is 0 Å². The van der Waals surface area contributed by atoms with Crippen LogP contribution in [0.1, 0.15) is 19.3 Å². The summed E-state index contributed by atoms with van der Waals surface area (Å²) in [7, 11) is -3.01. The molecule has 0 aromatic rings. The summed E-state index contributed by atoms with van der Waals surface area (Å²) in [6.07, 6.45) is 4.50. The van der Waals surface area contributed by atoms with E-state index in [4.69, 9.17) is 5.73 Å². The Morgan fingerprint density at radius 1 is 1.22 bits per heavy atom. The van der Waals surface area contributed by atoms with Gasteiger partial charge in [-0.1, -0.05) is 0 Å². The Morgan fingerprint density at radius 3 is 2.50 bits per heavy atom. The first-order chi connectivity index (χ1) is 7.95. The number of nitrogens with zero attached hydrogens (tertiary/aromatic N) is 2. The molecule has 0 radical (unpaired) electrons. The monoisotopic (exact) mass is 297 g/mol. The van der Waals surface area contributed by atoms with Crippen molar-refractivity contribution in [1.29, 1.82) is 0 Å². The minimum absolute atomic E-state index is 0. The Labute approximate surface area is 116 Å². The molecule has 1 unspecified atom stereocenters. The Balaban J connectivity index is 0.00000162. The predicted octanol–water partition coefficient (Wildman–Crippen LogP) is 0.113. The molecule has 5 nitrogen and oxygen atoms in total. The zero-order valence-corrected chi connectivity index (χ0v) is 12.5. The fourth-order valence-electron chi connectivity index (χ4n) is 2.87. The fourth-order valence-corrected chi connectivity index (χ4v) is 3.81. The van der Waals surface area contributed by atoms with Crippen LogP contribution in [-0.2, 0) is 10.0 Å². The summed E-state index contributed by atoms with van der Waals surface area (Å²) in [4.78, 5) is 2.38. The SMILES string of the molecule is CS(=O)(=O)N1CCCC(CN2CC[C@H](N)C2)C1.Cl. The van der Waals surface area contributed by atoms with Crippen LogP contribution in [0.5, 0.6) is 0 Å². The second-order valence-electron chi connectivity index (χ2n) is 5.44. The van der Waals surface area contributed by atoms with Crippen LogP contribution in [-0.4, -0.2) is 62.6 Å². The van der Waals surface area contributed by atoms with Crippen molar-refractivity contribution in [3.05, 3.63) is 0 Å². The van der Waals surface area contributed by atoms with E-state index < -0.39 is 10.0 Å². The summed E-state index contributed by atoms with van der Waals surface area (Å²) >= 11 is 0. The van der Waals surface area contributed by atoms with Crippen molar-refractivity contribution in [2.45, 2.75) is 25.3 Å². The van der Waals surface area contributed by atoms with Gasteiger partial charge < -0.3 is 10.6 Å². The van der Waals surface area contributed by atoms with Gasteiger partial charge >= 0.3 is 0 Å². The van der Waals surface area contributed by atoms with Crippen molar-refractivity contribution < 1.29 is 8.42 Å². The van der Waals surface area contributed by atoms with Gasteiger partial charge in [-0.05, 0) is 31.7 Å². The fraction of sp³-hybridized carbons (Fsp3) is 1.00. The molecule has 2 atom stereocenters. The zero-order valence-electron chi connectivity index (χ0n) is 10.9. The molecular formula is C11H24ClN3O2S. The maximum absolute atomic E-state index is 11.5. The molecule has 0 amide bonds. The molecule has 0 aromatic carbocycles. The minimum Gasteiger partial charge on any atom is -0.326 e. The van der Waals surface area contributed by atoms with Crippen LogP contribution in [0.3, 0.4) is 0 Å². The molecule has 2 aliphatic heterocycles. The largest absolute Gasteiger partial charge is 0.326 e. The first-order valence-electron chi connectivity index (χ1n) is 6.38. The van der Waals surface area contributed by atoms with Crippen LogP contribution in [0.4, 0.5) is 0 Å². The molecule has 0 aliphatic carbocycles. The summed E-state index contributed by atoms with van der Waals surface area (Å²) in [5.41, 5.74) is 5.88. The van der Waals surface area contributed by atoms with Crippen molar-refractivity contribution in [2.24, 2.45) is 11.7 Å². The lowest BCUT2D eigenvalue weighted by Crippen LogP contribution is -2.43. The highest BCUT2D eigenvalue weighted by Gasteiger charge is 2.28. The molecular weight excluding hydrogens is 274 g/mol. The van der Waals surface area contributed by atoms with Gasteiger partial charge in [0.25, 0.3) is 0 Å². The van der Waals surface area contributed by atoms with Gasteiger partial charge in [0.15, 0.2) is 0 Å². The number of likely N-dealkylation sites (tertiary alicyclic amines) is 1. The van der Waals surface area contributed by atoms with Crippen molar-refractivity contribution in [3.8, 4) is 0 Å². The normalized spacial score (nSPS) is 31.2. The highest BCUT2D eigenvalue weighted by Crippen LogP contribution is 2.21. The molecule has 2 heterocycles. The van der Waals surface area contributed by atoms with E-state index in [2.05, 4.69) is 4.90 Å². The number of sulfonamides is 1. The van der Waals surface area contributed by atoms with E-state index in [1.54, 1.807) is 4.31 Å². The zero-order chi connectivity index (χ0) is 12.5. The van der Waals surface area contributed by atoms with Crippen LogP contribution in [0, 0.1) is 5.92 Å². The van der Waals surface area contributed by atoms with Gasteiger partial charge in [-0.2, -0.15) is 0 Å². The van der Waals surface area contributed by atoms with Gasteiger partial charge in [-0.25, -0.2) is 12.7 Å². The molecule has 2 fully saturated rings. The van der Waals surface area contributed by atoms with E-state index in [1.807, 2.05) is 0 Å². The lowest BCUT2D eigenvalue weighted by molar-refractivity contribution is 0.199. The molecule has 0 saturated carbocycles. The average molecular weight is 298 g/mol. The van der Waals surface area contributed by atoms with Gasteiger partial charge in [0.2, 0.25) is 10.0 Å². The topological polar surface area (TPSA) is 66.6 Å². The molecule has 2 rings (SSSR count). The predicted molar refractivity (Wildman–Crippen MR) is 75.4 cm³/mol. The van der Waals surface area contributed by atoms with Crippen molar-refractivity contribution in [1.82, 2.24) is 9.21 Å². The summed E-state index contributed by atoms with van der Waals surface area (Å²) in [5.74, 6) is 0.476. The third kappa shape index (κ3) is 4.35. The molecule has 2 N–H and O–H groups in total. The third-order valence-corrected chi connectivity index (χ3v) is 5.05. The molecule has 7 heteroatoms. The third-order valence-electron chi connectivity index (χ3n) is 3.78. The van der Waals surface area contributed by atoms with Crippen LogP contribution in [0.25, 0.3) is 0 Å². The van der Waals surface area contributed by atoms with E-state index in [0.29, 0.717) is 25.0 Å². The van der Waals surface area contributed by atoms with Crippen LogP contribution < -0.4 is 5.73 Å². The van der Waals surface area contributed by atoms with E-state index in [0.717, 1.165) is 38.9 Å². The molecule has 2 saturated heterocycles. The van der Waals surface area contributed by atoms with Gasteiger partial charge in [-0.15, -0.1) is 12.4 Å². The molecule has 0 spiro atoms. The number of piperidine rings is 1. The van der Waals surface area contributed by atoms with E-state index in [9.17, 15) is 8.42 Å². The maximum atomic E-state index is 11.5. The second kappa shape index (κ2) is 6.52. The first-order valence-corrected chi connectivity index (χ1v) is 8.23. The second-order valence-corrected chi connectivity index (χ2v) is 7.42. The maximum Gasteiger partial charge on any atom is 0.211 e. The van der Waals surface area contributed by atoms with Gasteiger partial charge in [0.05, 0.1) is 6.26 Å². The minimum atomic E-state index is -3.01. The lowest BCUT2D eigenvalue weighted by atomic mass is 9.99. The van der Waals surface area contributed by atoms with Crippen LogP contribution in [0.2, 0.25) is 0 Å². The summed E-state index contributed by atoms with van der Waals surface area (Å²) in [6, 6.07) is 0.310. The lowest BCUT2D eigenvalue weighted by Gasteiger charge is -2.33. The van der Waals surface area contributed by atoms with Crippen molar-refractivity contribution >= 4 is 22.4 Å². The Kier molecular flexibility index (Phi) is 5.86. The molecule has 2 aliphatic rings.